The first kappa shape index (κ1) is 16.8. The lowest BCUT2D eigenvalue weighted by molar-refractivity contribution is 0.176. The predicted octanol–water partition coefficient (Wildman–Crippen LogP) is 4.19. The lowest BCUT2D eigenvalue weighted by Gasteiger charge is -2.31. The molecule has 1 rings (SSSR count). The second-order valence-corrected chi connectivity index (χ2v) is 6.64. The highest BCUT2D eigenvalue weighted by molar-refractivity contribution is 6.42. The molecule has 0 unspecified atom stereocenters. The number of nitrogens with two attached hydrogens (primary N) is 1. The molecule has 0 amide bonds. The first-order valence-electron chi connectivity index (χ1n) is 6.74. The summed E-state index contributed by atoms with van der Waals surface area (Å²) in [4.78, 5) is 2.42. The Balaban J connectivity index is 2.74. The second-order valence-electron chi connectivity index (χ2n) is 5.83. The average Bonchev–Trinajstić information content (AvgIpc) is 2.34. The van der Waals surface area contributed by atoms with Gasteiger partial charge in [0.25, 0.3) is 0 Å². The fourth-order valence-corrected chi connectivity index (χ4v) is 2.42. The molecule has 1 aromatic rings. The minimum atomic E-state index is 0.130. The molecule has 0 aromatic heterocycles. The molecule has 0 aliphatic carbocycles. The first-order valence-corrected chi connectivity index (χ1v) is 7.50. The largest absolute Gasteiger partial charge is 0.330 e. The van der Waals surface area contributed by atoms with Gasteiger partial charge in [-0.3, -0.25) is 4.90 Å². The van der Waals surface area contributed by atoms with Crippen molar-refractivity contribution in [2.24, 2.45) is 11.1 Å². The van der Waals surface area contributed by atoms with Crippen LogP contribution < -0.4 is 5.73 Å². The summed E-state index contributed by atoms with van der Waals surface area (Å²) in [7, 11) is 0. The molecular formula is C15H24Cl2N2. The van der Waals surface area contributed by atoms with Crippen molar-refractivity contribution >= 4 is 23.2 Å². The summed E-state index contributed by atoms with van der Waals surface area (Å²) in [6.07, 6.45) is 1.13. The minimum Gasteiger partial charge on any atom is -0.330 e. The molecule has 2 nitrogen and oxygen atoms in total. The Morgan fingerprint density at radius 1 is 1.21 bits per heavy atom. The summed E-state index contributed by atoms with van der Waals surface area (Å²) in [5, 5.41) is 1.23. The van der Waals surface area contributed by atoms with Gasteiger partial charge in [0.1, 0.15) is 0 Å². The highest BCUT2D eigenvalue weighted by Crippen LogP contribution is 2.24. The van der Waals surface area contributed by atoms with Gasteiger partial charge in [-0.1, -0.05) is 50.0 Å². The molecule has 4 heteroatoms. The van der Waals surface area contributed by atoms with E-state index in [-0.39, 0.29) is 5.41 Å². The fraction of sp³-hybridized carbons (Fsp3) is 0.600. The van der Waals surface area contributed by atoms with Crippen LogP contribution in [0.5, 0.6) is 0 Å². The Hall–Kier alpha value is -0.280. The van der Waals surface area contributed by atoms with Gasteiger partial charge in [0.05, 0.1) is 10.0 Å². The quantitative estimate of drug-likeness (QED) is 0.818. The van der Waals surface area contributed by atoms with Crippen molar-refractivity contribution < 1.29 is 0 Å². The third-order valence-electron chi connectivity index (χ3n) is 3.13. The molecule has 0 atom stereocenters. The van der Waals surface area contributed by atoms with Crippen LogP contribution in [0, 0.1) is 5.41 Å². The zero-order valence-electron chi connectivity index (χ0n) is 12.0. The zero-order valence-corrected chi connectivity index (χ0v) is 13.6. The van der Waals surface area contributed by atoms with Crippen molar-refractivity contribution in [1.29, 1.82) is 0 Å². The van der Waals surface area contributed by atoms with Crippen LogP contribution in [0.4, 0.5) is 0 Å². The summed E-state index contributed by atoms with van der Waals surface area (Å²) >= 11 is 12.0. The van der Waals surface area contributed by atoms with E-state index in [1.807, 2.05) is 18.2 Å². The van der Waals surface area contributed by atoms with Crippen LogP contribution in [0.2, 0.25) is 10.0 Å². The van der Waals surface area contributed by atoms with Crippen LogP contribution in [0.15, 0.2) is 18.2 Å². The van der Waals surface area contributed by atoms with Gasteiger partial charge in [-0.05, 0) is 42.6 Å². The maximum absolute atomic E-state index is 6.06. The fourth-order valence-electron chi connectivity index (χ4n) is 2.10. The molecule has 0 aliphatic rings. The maximum atomic E-state index is 6.06. The number of rotatable bonds is 7. The van der Waals surface area contributed by atoms with Crippen LogP contribution >= 0.6 is 23.2 Å². The van der Waals surface area contributed by atoms with E-state index in [2.05, 4.69) is 25.7 Å². The Morgan fingerprint density at radius 3 is 2.42 bits per heavy atom. The van der Waals surface area contributed by atoms with Crippen LogP contribution in [0.3, 0.4) is 0 Å². The van der Waals surface area contributed by atoms with Crippen molar-refractivity contribution in [3.63, 3.8) is 0 Å². The molecule has 0 fully saturated rings. The number of nitrogens with zero attached hydrogens (tertiary/aromatic N) is 1. The van der Waals surface area contributed by atoms with E-state index in [1.54, 1.807) is 0 Å². The Labute approximate surface area is 126 Å². The molecule has 0 saturated carbocycles. The van der Waals surface area contributed by atoms with Crippen LogP contribution in [0.1, 0.15) is 32.8 Å². The summed E-state index contributed by atoms with van der Waals surface area (Å²) in [5.41, 5.74) is 7.14. The summed E-state index contributed by atoms with van der Waals surface area (Å²) < 4.78 is 0. The van der Waals surface area contributed by atoms with Gasteiger partial charge in [-0.15, -0.1) is 0 Å². The Bertz CT molecular complexity index is 405. The average molecular weight is 303 g/mol. The van der Waals surface area contributed by atoms with Gasteiger partial charge >= 0.3 is 0 Å². The van der Waals surface area contributed by atoms with E-state index in [9.17, 15) is 0 Å². The molecule has 0 saturated heterocycles. The smallest absolute Gasteiger partial charge is 0.0595 e. The van der Waals surface area contributed by atoms with E-state index in [4.69, 9.17) is 28.9 Å². The molecule has 0 radical (unpaired) electrons. The monoisotopic (exact) mass is 302 g/mol. The molecule has 0 spiro atoms. The normalized spacial score (nSPS) is 12.2. The summed E-state index contributed by atoms with van der Waals surface area (Å²) in [6, 6.07) is 5.84. The number of benzene rings is 1. The summed E-state index contributed by atoms with van der Waals surface area (Å²) in [5.74, 6) is 0. The standard InChI is InChI=1S/C15H24Cl2N2/c1-4-7-19(11-15(2,3)10-18)9-12-5-6-13(16)14(17)8-12/h5-6,8H,4,7,9-11,18H2,1-3H3. The van der Waals surface area contributed by atoms with E-state index in [0.29, 0.717) is 16.6 Å². The molecule has 0 aliphatic heterocycles. The van der Waals surface area contributed by atoms with Gasteiger partial charge in [0.15, 0.2) is 0 Å². The molecule has 0 bridgehead atoms. The second kappa shape index (κ2) is 7.49. The highest BCUT2D eigenvalue weighted by atomic mass is 35.5. The van der Waals surface area contributed by atoms with E-state index in [0.717, 1.165) is 26.1 Å². The summed E-state index contributed by atoms with van der Waals surface area (Å²) in [6.45, 7) is 10.2. The van der Waals surface area contributed by atoms with Gasteiger partial charge in [-0.25, -0.2) is 0 Å². The lowest BCUT2D eigenvalue weighted by atomic mass is 9.93. The van der Waals surface area contributed by atoms with Crippen molar-refractivity contribution in [2.75, 3.05) is 19.6 Å². The zero-order chi connectivity index (χ0) is 14.5. The van der Waals surface area contributed by atoms with Gasteiger partial charge in [-0.2, -0.15) is 0 Å². The van der Waals surface area contributed by atoms with Crippen LogP contribution in [0.25, 0.3) is 0 Å². The minimum absolute atomic E-state index is 0.130. The van der Waals surface area contributed by atoms with Crippen molar-refractivity contribution in [1.82, 2.24) is 4.90 Å². The lowest BCUT2D eigenvalue weighted by Crippen LogP contribution is -2.38. The number of hydrogen-bond acceptors (Lipinski definition) is 2. The van der Waals surface area contributed by atoms with Crippen LogP contribution in [-0.2, 0) is 6.54 Å². The van der Waals surface area contributed by atoms with Crippen molar-refractivity contribution in [3.05, 3.63) is 33.8 Å². The Kier molecular flexibility index (Phi) is 6.61. The molecule has 19 heavy (non-hydrogen) atoms. The Morgan fingerprint density at radius 2 is 1.89 bits per heavy atom. The van der Waals surface area contributed by atoms with E-state index < -0.39 is 0 Å². The van der Waals surface area contributed by atoms with Crippen molar-refractivity contribution in [2.45, 2.75) is 33.7 Å². The molecule has 2 N–H and O–H groups in total. The van der Waals surface area contributed by atoms with E-state index in [1.165, 1.54) is 5.56 Å². The third kappa shape index (κ3) is 5.70. The third-order valence-corrected chi connectivity index (χ3v) is 3.87. The molecular weight excluding hydrogens is 279 g/mol. The SMILES string of the molecule is CCCN(Cc1ccc(Cl)c(Cl)c1)CC(C)(C)CN. The van der Waals surface area contributed by atoms with Crippen molar-refractivity contribution in [3.8, 4) is 0 Å². The topological polar surface area (TPSA) is 29.3 Å². The van der Waals surface area contributed by atoms with E-state index >= 15 is 0 Å². The maximum Gasteiger partial charge on any atom is 0.0595 e. The van der Waals surface area contributed by atoms with Crippen LogP contribution in [-0.4, -0.2) is 24.5 Å². The molecule has 108 valence electrons. The molecule has 1 aromatic carbocycles. The van der Waals surface area contributed by atoms with Gasteiger partial charge < -0.3 is 5.73 Å². The predicted molar refractivity (Wildman–Crippen MR) is 84.9 cm³/mol. The molecule has 0 heterocycles. The highest BCUT2D eigenvalue weighted by Gasteiger charge is 2.20. The number of hydrogen-bond donors (Lipinski definition) is 1. The first-order chi connectivity index (χ1) is 8.88. The van der Waals surface area contributed by atoms with Gasteiger partial charge in [0.2, 0.25) is 0 Å². The number of halogens is 2. The van der Waals surface area contributed by atoms with Gasteiger partial charge in [0, 0.05) is 13.1 Å².